The number of nitrogens with zero attached hydrogens (tertiary/aromatic N) is 1. The van der Waals surface area contributed by atoms with E-state index in [1.54, 1.807) is 0 Å². The average molecular weight is 143 g/mol. The van der Waals surface area contributed by atoms with Crippen LogP contribution in [0, 0.1) is 0 Å². The third kappa shape index (κ3) is 0.779. The Morgan fingerprint density at radius 2 is 2.40 bits per heavy atom. The minimum Gasteiger partial charge on any atom is -0.336 e. The molecule has 0 saturated carbocycles. The highest BCUT2D eigenvalue weighted by Crippen LogP contribution is 2.31. The number of hydrogen-bond acceptors (Lipinski definition) is 3. The van der Waals surface area contributed by atoms with Crippen LogP contribution in [0.2, 0.25) is 0 Å². The molecule has 2 aliphatic heterocycles. The van der Waals surface area contributed by atoms with Gasteiger partial charge in [0.1, 0.15) is 0 Å². The molecule has 0 bridgehead atoms. The topological polar surface area (TPSA) is 21.7 Å². The van der Waals surface area contributed by atoms with Gasteiger partial charge in [0.05, 0.1) is 12.7 Å². The van der Waals surface area contributed by atoms with Gasteiger partial charge >= 0.3 is 0 Å². The standard InChI is InChI=1S/C7H13NO2/c1-6-5-8-3-4-9-7(8,2)10-6/h6H,3-5H2,1-2H3/t6-,7-/m1/s1. The van der Waals surface area contributed by atoms with Crippen molar-refractivity contribution in [1.29, 1.82) is 0 Å². The molecule has 0 N–H and O–H groups in total. The third-order valence-electron chi connectivity index (χ3n) is 2.20. The van der Waals surface area contributed by atoms with Gasteiger partial charge in [-0.1, -0.05) is 0 Å². The maximum absolute atomic E-state index is 5.58. The maximum Gasteiger partial charge on any atom is 0.227 e. The van der Waals surface area contributed by atoms with Gasteiger partial charge < -0.3 is 9.47 Å². The molecule has 0 aliphatic carbocycles. The van der Waals surface area contributed by atoms with Crippen molar-refractivity contribution in [3.05, 3.63) is 0 Å². The molecular weight excluding hydrogens is 130 g/mol. The highest BCUT2D eigenvalue weighted by Gasteiger charge is 2.46. The van der Waals surface area contributed by atoms with Gasteiger partial charge in [-0.2, -0.15) is 0 Å². The molecule has 2 saturated heterocycles. The molecule has 0 amide bonds. The van der Waals surface area contributed by atoms with E-state index >= 15 is 0 Å². The quantitative estimate of drug-likeness (QED) is 0.490. The monoisotopic (exact) mass is 143 g/mol. The zero-order valence-corrected chi connectivity index (χ0v) is 6.46. The lowest BCUT2D eigenvalue weighted by Crippen LogP contribution is -2.36. The second-order valence-corrected chi connectivity index (χ2v) is 3.12. The van der Waals surface area contributed by atoms with Crippen LogP contribution in [0.15, 0.2) is 0 Å². The first-order valence-electron chi connectivity index (χ1n) is 3.77. The van der Waals surface area contributed by atoms with E-state index in [0.717, 1.165) is 19.7 Å². The van der Waals surface area contributed by atoms with Crippen molar-refractivity contribution >= 4 is 0 Å². The molecule has 0 aromatic rings. The van der Waals surface area contributed by atoms with E-state index in [0.29, 0.717) is 6.10 Å². The van der Waals surface area contributed by atoms with E-state index in [2.05, 4.69) is 11.8 Å². The fraction of sp³-hybridized carbons (Fsp3) is 1.00. The molecule has 10 heavy (non-hydrogen) atoms. The summed E-state index contributed by atoms with van der Waals surface area (Å²) >= 11 is 0. The van der Waals surface area contributed by atoms with E-state index in [1.807, 2.05) is 6.92 Å². The normalized spacial score (nSPS) is 48.0. The van der Waals surface area contributed by atoms with E-state index in [9.17, 15) is 0 Å². The summed E-state index contributed by atoms with van der Waals surface area (Å²) in [5, 5.41) is 0. The predicted octanol–water partition coefficient (Wildman–Crippen LogP) is 0.411. The zero-order chi connectivity index (χ0) is 7.19. The molecule has 0 aromatic heterocycles. The van der Waals surface area contributed by atoms with Gasteiger partial charge in [-0.15, -0.1) is 0 Å². The summed E-state index contributed by atoms with van der Waals surface area (Å²) in [6.45, 7) is 6.90. The van der Waals surface area contributed by atoms with Crippen LogP contribution in [-0.2, 0) is 9.47 Å². The summed E-state index contributed by atoms with van der Waals surface area (Å²) in [7, 11) is 0. The van der Waals surface area contributed by atoms with Crippen LogP contribution < -0.4 is 0 Å². The van der Waals surface area contributed by atoms with Crippen molar-refractivity contribution in [2.24, 2.45) is 0 Å². The van der Waals surface area contributed by atoms with Gasteiger partial charge in [-0.05, 0) is 6.92 Å². The second-order valence-electron chi connectivity index (χ2n) is 3.12. The Labute approximate surface area is 60.9 Å². The molecule has 2 atom stereocenters. The van der Waals surface area contributed by atoms with Gasteiger partial charge in [0.15, 0.2) is 0 Å². The molecule has 58 valence electrons. The molecule has 0 spiro atoms. The Morgan fingerprint density at radius 3 is 3.10 bits per heavy atom. The molecule has 3 heteroatoms. The fourth-order valence-electron chi connectivity index (χ4n) is 1.73. The molecule has 3 nitrogen and oxygen atoms in total. The van der Waals surface area contributed by atoms with Crippen molar-refractivity contribution in [2.45, 2.75) is 25.9 Å². The summed E-state index contributed by atoms with van der Waals surface area (Å²) in [4.78, 5) is 2.23. The lowest BCUT2D eigenvalue weighted by molar-refractivity contribution is -0.229. The van der Waals surface area contributed by atoms with Crippen molar-refractivity contribution in [3.63, 3.8) is 0 Å². The lowest BCUT2D eigenvalue weighted by Gasteiger charge is -2.23. The zero-order valence-electron chi connectivity index (χ0n) is 6.46. The largest absolute Gasteiger partial charge is 0.336 e. The summed E-state index contributed by atoms with van der Waals surface area (Å²) in [5.74, 6) is -0.389. The van der Waals surface area contributed by atoms with Gasteiger partial charge in [0.2, 0.25) is 5.91 Å². The molecule has 0 aromatic carbocycles. The Hall–Kier alpha value is -0.120. The highest BCUT2D eigenvalue weighted by molar-refractivity contribution is 4.82. The van der Waals surface area contributed by atoms with Crippen molar-refractivity contribution in [2.75, 3.05) is 19.7 Å². The van der Waals surface area contributed by atoms with Crippen LogP contribution in [0.1, 0.15) is 13.8 Å². The van der Waals surface area contributed by atoms with Gasteiger partial charge in [0, 0.05) is 20.0 Å². The van der Waals surface area contributed by atoms with Gasteiger partial charge in [0.25, 0.3) is 0 Å². The first kappa shape index (κ1) is 6.58. The fourth-order valence-corrected chi connectivity index (χ4v) is 1.73. The summed E-state index contributed by atoms with van der Waals surface area (Å²) in [6.07, 6.45) is 0.324. The molecule has 0 unspecified atom stereocenters. The molecule has 2 heterocycles. The molecule has 2 aliphatic rings. The van der Waals surface area contributed by atoms with Crippen LogP contribution in [-0.4, -0.2) is 36.6 Å². The SMILES string of the molecule is C[C@@H]1CN2CCO[C@]2(C)O1. The van der Waals surface area contributed by atoms with E-state index in [-0.39, 0.29) is 5.91 Å². The van der Waals surface area contributed by atoms with Crippen LogP contribution in [0.3, 0.4) is 0 Å². The second kappa shape index (κ2) is 1.94. The minimum absolute atomic E-state index is 0.324. The maximum atomic E-state index is 5.58. The molecular formula is C7H13NO2. The van der Waals surface area contributed by atoms with Gasteiger partial charge in [-0.3, -0.25) is 0 Å². The summed E-state index contributed by atoms with van der Waals surface area (Å²) in [6, 6.07) is 0. The van der Waals surface area contributed by atoms with Crippen LogP contribution in [0.5, 0.6) is 0 Å². The van der Waals surface area contributed by atoms with Crippen molar-refractivity contribution in [1.82, 2.24) is 4.90 Å². The smallest absolute Gasteiger partial charge is 0.227 e. The predicted molar refractivity (Wildman–Crippen MR) is 36.5 cm³/mol. The van der Waals surface area contributed by atoms with Crippen LogP contribution >= 0.6 is 0 Å². The van der Waals surface area contributed by atoms with Gasteiger partial charge in [-0.25, -0.2) is 4.90 Å². The third-order valence-corrected chi connectivity index (χ3v) is 2.20. The Kier molecular flexibility index (Phi) is 1.27. The highest BCUT2D eigenvalue weighted by atomic mass is 16.7. The lowest BCUT2D eigenvalue weighted by atomic mass is 10.4. The van der Waals surface area contributed by atoms with Crippen LogP contribution in [0.25, 0.3) is 0 Å². The minimum atomic E-state index is -0.389. The van der Waals surface area contributed by atoms with Crippen molar-refractivity contribution in [3.8, 4) is 0 Å². The van der Waals surface area contributed by atoms with Crippen molar-refractivity contribution < 1.29 is 9.47 Å². The first-order valence-corrected chi connectivity index (χ1v) is 3.77. The Morgan fingerprint density at radius 1 is 1.60 bits per heavy atom. The average Bonchev–Trinajstić information content (AvgIpc) is 2.20. The molecule has 2 rings (SSSR count). The first-order chi connectivity index (χ1) is 4.71. The molecule has 0 radical (unpaired) electrons. The van der Waals surface area contributed by atoms with E-state index < -0.39 is 0 Å². The number of hydrogen-bond donors (Lipinski definition) is 0. The van der Waals surface area contributed by atoms with E-state index in [4.69, 9.17) is 9.47 Å². The Balaban J connectivity index is 2.15. The van der Waals surface area contributed by atoms with Crippen LogP contribution in [0.4, 0.5) is 0 Å². The summed E-state index contributed by atoms with van der Waals surface area (Å²) < 4.78 is 11.0. The van der Waals surface area contributed by atoms with E-state index in [1.165, 1.54) is 0 Å². The Bertz CT molecular complexity index is 151. The number of rotatable bonds is 0. The summed E-state index contributed by atoms with van der Waals surface area (Å²) in [5.41, 5.74) is 0. The number of ether oxygens (including phenoxy) is 2. The number of fused-ring (bicyclic) bond motifs is 1. The molecule has 2 fully saturated rings.